The van der Waals surface area contributed by atoms with E-state index >= 15 is 0 Å². The number of carboxylic acid groups (broad SMARTS) is 1. The van der Waals surface area contributed by atoms with Crippen LogP contribution in [0.2, 0.25) is 0 Å². The molecule has 3 nitrogen and oxygen atoms in total. The first-order chi connectivity index (χ1) is 9.18. The molecule has 0 unspecified atom stereocenters. The van der Waals surface area contributed by atoms with Crippen molar-refractivity contribution in [2.24, 2.45) is 5.41 Å². The molecular weight excluding hydrogens is 238 g/mol. The van der Waals surface area contributed by atoms with Crippen molar-refractivity contribution >= 4 is 5.97 Å². The molecule has 0 aromatic heterocycles. The van der Waals surface area contributed by atoms with Gasteiger partial charge in [0.25, 0.3) is 0 Å². The van der Waals surface area contributed by atoms with Crippen LogP contribution in [-0.4, -0.2) is 35.1 Å². The number of rotatable bonds is 3. The number of likely N-dealkylation sites (tertiary alicyclic amines) is 1. The summed E-state index contributed by atoms with van der Waals surface area (Å²) in [5.41, 5.74) is -0.432. The summed E-state index contributed by atoms with van der Waals surface area (Å²) in [6.45, 7) is 4.01. The molecular formula is C16H29NO2. The maximum absolute atomic E-state index is 11.5. The molecule has 1 heterocycles. The topological polar surface area (TPSA) is 40.5 Å². The number of carbonyl (C=O) groups is 1. The molecule has 2 aliphatic rings. The van der Waals surface area contributed by atoms with Gasteiger partial charge in [0.1, 0.15) is 0 Å². The van der Waals surface area contributed by atoms with Gasteiger partial charge in [-0.3, -0.25) is 4.79 Å². The predicted molar refractivity (Wildman–Crippen MR) is 77.3 cm³/mol. The highest BCUT2D eigenvalue weighted by Crippen LogP contribution is 2.37. The molecule has 0 bridgehead atoms. The molecule has 1 aliphatic carbocycles. The van der Waals surface area contributed by atoms with E-state index in [9.17, 15) is 9.90 Å². The van der Waals surface area contributed by atoms with Crippen LogP contribution in [0.4, 0.5) is 0 Å². The van der Waals surface area contributed by atoms with Gasteiger partial charge in [-0.05, 0) is 45.2 Å². The maximum atomic E-state index is 11.5. The van der Waals surface area contributed by atoms with Gasteiger partial charge in [0.05, 0.1) is 5.41 Å². The predicted octanol–water partition coefficient (Wildman–Crippen LogP) is 3.68. The van der Waals surface area contributed by atoms with Gasteiger partial charge in [-0.2, -0.15) is 0 Å². The monoisotopic (exact) mass is 267 g/mol. The molecule has 1 aliphatic heterocycles. The first kappa shape index (κ1) is 14.8. The Bertz CT molecular complexity index is 287. The Morgan fingerprint density at radius 2 is 1.63 bits per heavy atom. The summed E-state index contributed by atoms with van der Waals surface area (Å²) in [6, 6.07) is 0.726. The summed E-state index contributed by atoms with van der Waals surface area (Å²) in [5.74, 6) is -0.577. The van der Waals surface area contributed by atoms with Crippen LogP contribution in [0.3, 0.4) is 0 Å². The fourth-order valence-corrected chi connectivity index (χ4v) is 3.84. The van der Waals surface area contributed by atoms with E-state index in [1.54, 1.807) is 0 Å². The Morgan fingerprint density at radius 3 is 2.11 bits per heavy atom. The molecule has 0 amide bonds. The third-order valence-electron chi connectivity index (χ3n) is 5.48. The molecule has 110 valence electrons. The first-order valence-electron chi connectivity index (χ1n) is 8.15. The molecule has 3 heteroatoms. The van der Waals surface area contributed by atoms with Crippen molar-refractivity contribution in [1.82, 2.24) is 4.90 Å². The van der Waals surface area contributed by atoms with E-state index in [0.717, 1.165) is 38.4 Å². The molecule has 0 radical (unpaired) electrons. The highest BCUT2D eigenvalue weighted by atomic mass is 16.4. The lowest BCUT2D eigenvalue weighted by Crippen LogP contribution is -2.48. The largest absolute Gasteiger partial charge is 0.481 e. The van der Waals surface area contributed by atoms with Crippen LogP contribution >= 0.6 is 0 Å². The third kappa shape index (κ3) is 3.50. The molecule has 0 atom stereocenters. The van der Waals surface area contributed by atoms with Crippen LogP contribution in [0.5, 0.6) is 0 Å². The average Bonchev–Trinajstić information content (AvgIpc) is 2.38. The number of hydrogen-bond donors (Lipinski definition) is 1. The number of carboxylic acids is 1. The van der Waals surface area contributed by atoms with E-state index in [4.69, 9.17) is 0 Å². The smallest absolute Gasteiger partial charge is 0.309 e. The minimum absolute atomic E-state index is 0.432. The van der Waals surface area contributed by atoms with E-state index in [0.29, 0.717) is 0 Å². The van der Waals surface area contributed by atoms with Gasteiger partial charge in [-0.15, -0.1) is 0 Å². The number of nitrogens with zero attached hydrogens (tertiary/aromatic N) is 1. The second kappa shape index (κ2) is 6.74. The zero-order valence-electron chi connectivity index (χ0n) is 12.4. The van der Waals surface area contributed by atoms with Crippen LogP contribution in [0.15, 0.2) is 0 Å². The highest BCUT2D eigenvalue weighted by molar-refractivity contribution is 5.74. The Balaban J connectivity index is 1.89. The van der Waals surface area contributed by atoms with E-state index < -0.39 is 11.4 Å². The van der Waals surface area contributed by atoms with Gasteiger partial charge in [-0.1, -0.05) is 39.0 Å². The number of aliphatic carboxylic acids is 1. The third-order valence-corrected chi connectivity index (χ3v) is 5.48. The summed E-state index contributed by atoms with van der Waals surface area (Å²) < 4.78 is 0. The van der Waals surface area contributed by atoms with Crippen molar-refractivity contribution in [3.8, 4) is 0 Å². The minimum atomic E-state index is -0.577. The van der Waals surface area contributed by atoms with E-state index in [2.05, 4.69) is 4.90 Å². The Morgan fingerprint density at radius 1 is 1.11 bits per heavy atom. The van der Waals surface area contributed by atoms with Crippen LogP contribution in [0, 0.1) is 5.41 Å². The summed E-state index contributed by atoms with van der Waals surface area (Å²) in [4.78, 5) is 14.1. The normalized spacial score (nSPS) is 26.6. The molecule has 0 aromatic rings. The number of piperidine rings is 1. The molecule has 2 rings (SSSR count). The van der Waals surface area contributed by atoms with Crippen molar-refractivity contribution in [2.45, 2.75) is 77.2 Å². The lowest BCUT2D eigenvalue weighted by molar-refractivity contribution is -0.152. The average molecular weight is 267 g/mol. The SMILES string of the molecule is CCC1(C(=O)O)CCN(C2CCCCCCC2)CC1. The van der Waals surface area contributed by atoms with Gasteiger partial charge in [0, 0.05) is 6.04 Å². The lowest BCUT2D eigenvalue weighted by atomic mass is 9.75. The highest BCUT2D eigenvalue weighted by Gasteiger charge is 2.40. The fraction of sp³-hybridized carbons (Fsp3) is 0.938. The summed E-state index contributed by atoms with van der Waals surface area (Å²) >= 11 is 0. The zero-order chi connectivity index (χ0) is 13.7. The molecule has 2 fully saturated rings. The van der Waals surface area contributed by atoms with Crippen LogP contribution < -0.4 is 0 Å². The molecule has 0 spiro atoms. The lowest BCUT2D eigenvalue weighted by Gasteiger charge is -2.42. The first-order valence-corrected chi connectivity index (χ1v) is 8.15. The fourth-order valence-electron chi connectivity index (χ4n) is 3.84. The van der Waals surface area contributed by atoms with Gasteiger partial charge in [0.2, 0.25) is 0 Å². The molecule has 1 N–H and O–H groups in total. The Labute approximate surface area is 117 Å². The standard InChI is InChI=1S/C16H29NO2/c1-2-16(15(18)19)10-12-17(13-11-16)14-8-6-4-3-5-7-9-14/h14H,2-13H2,1H3,(H,18,19). The minimum Gasteiger partial charge on any atom is -0.481 e. The van der Waals surface area contributed by atoms with Crippen molar-refractivity contribution in [3.63, 3.8) is 0 Å². The van der Waals surface area contributed by atoms with Crippen LogP contribution in [0.1, 0.15) is 71.1 Å². The quantitative estimate of drug-likeness (QED) is 0.848. The van der Waals surface area contributed by atoms with Crippen molar-refractivity contribution in [1.29, 1.82) is 0 Å². The van der Waals surface area contributed by atoms with E-state index in [1.165, 1.54) is 44.9 Å². The van der Waals surface area contributed by atoms with Gasteiger partial charge in [-0.25, -0.2) is 0 Å². The Hall–Kier alpha value is -0.570. The van der Waals surface area contributed by atoms with Crippen molar-refractivity contribution in [2.75, 3.05) is 13.1 Å². The zero-order valence-corrected chi connectivity index (χ0v) is 12.4. The van der Waals surface area contributed by atoms with Gasteiger partial charge < -0.3 is 10.0 Å². The van der Waals surface area contributed by atoms with Gasteiger partial charge in [0.15, 0.2) is 0 Å². The second-order valence-corrected chi connectivity index (χ2v) is 6.47. The molecule has 19 heavy (non-hydrogen) atoms. The van der Waals surface area contributed by atoms with Crippen LogP contribution in [-0.2, 0) is 4.79 Å². The summed E-state index contributed by atoms with van der Waals surface area (Å²) in [5, 5.41) is 9.45. The molecule has 1 saturated carbocycles. The maximum Gasteiger partial charge on any atom is 0.309 e. The molecule has 0 aromatic carbocycles. The van der Waals surface area contributed by atoms with E-state index in [-0.39, 0.29) is 0 Å². The molecule has 1 saturated heterocycles. The van der Waals surface area contributed by atoms with Crippen LogP contribution in [0.25, 0.3) is 0 Å². The van der Waals surface area contributed by atoms with E-state index in [1.807, 2.05) is 6.92 Å². The second-order valence-electron chi connectivity index (χ2n) is 6.47. The van der Waals surface area contributed by atoms with Crippen molar-refractivity contribution in [3.05, 3.63) is 0 Å². The Kier molecular flexibility index (Phi) is 5.26. The van der Waals surface area contributed by atoms with Gasteiger partial charge >= 0.3 is 5.97 Å². The number of hydrogen-bond acceptors (Lipinski definition) is 2. The summed E-state index contributed by atoms with van der Waals surface area (Å²) in [6.07, 6.45) is 12.0. The summed E-state index contributed by atoms with van der Waals surface area (Å²) in [7, 11) is 0. The van der Waals surface area contributed by atoms with Crippen molar-refractivity contribution < 1.29 is 9.90 Å².